The summed E-state index contributed by atoms with van der Waals surface area (Å²) in [7, 11) is 1.27. The van der Waals surface area contributed by atoms with E-state index in [4.69, 9.17) is 4.74 Å². The van der Waals surface area contributed by atoms with Gasteiger partial charge in [0.1, 0.15) is 5.56 Å². The first-order valence-corrected chi connectivity index (χ1v) is 7.95. The number of anilines is 1. The number of nitrogens with zero attached hydrogens (tertiary/aromatic N) is 3. The molecular formula is C18H16N4O5. The van der Waals surface area contributed by atoms with Crippen molar-refractivity contribution in [2.24, 2.45) is 0 Å². The quantitative estimate of drug-likeness (QED) is 0.681. The average molecular weight is 368 g/mol. The number of nitrogens with one attached hydrogen (secondary N) is 1. The van der Waals surface area contributed by atoms with Crippen LogP contribution in [0.4, 0.5) is 5.69 Å². The smallest absolute Gasteiger partial charge is 0.344 e. The van der Waals surface area contributed by atoms with Gasteiger partial charge in [-0.25, -0.2) is 19.1 Å². The van der Waals surface area contributed by atoms with Gasteiger partial charge in [-0.05, 0) is 31.2 Å². The molecule has 3 aromatic rings. The maximum absolute atomic E-state index is 12.3. The highest BCUT2D eigenvalue weighted by atomic mass is 16.5. The van der Waals surface area contributed by atoms with Crippen molar-refractivity contribution < 1.29 is 23.9 Å². The molecule has 2 aromatic heterocycles. The molecule has 9 heteroatoms. The van der Waals surface area contributed by atoms with E-state index in [-0.39, 0.29) is 5.56 Å². The van der Waals surface area contributed by atoms with Crippen molar-refractivity contribution in [3.8, 4) is 0 Å². The number of ether oxygens (including phenoxy) is 2. The summed E-state index contributed by atoms with van der Waals surface area (Å²) in [5, 5.41) is 6.73. The second kappa shape index (κ2) is 7.65. The van der Waals surface area contributed by atoms with Crippen molar-refractivity contribution in [1.29, 1.82) is 0 Å². The number of benzene rings is 1. The fraction of sp³-hybridized carbons (Fsp3) is 0.167. The minimum Gasteiger partial charge on any atom is -0.465 e. The summed E-state index contributed by atoms with van der Waals surface area (Å²) in [6.07, 6.45) is 3.20. The van der Waals surface area contributed by atoms with Crippen LogP contribution in [-0.4, -0.2) is 46.2 Å². The van der Waals surface area contributed by atoms with Crippen molar-refractivity contribution in [2.45, 2.75) is 6.92 Å². The van der Waals surface area contributed by atoms with Crippen LogP contribution in [0.15, 0.2) is 42.7 Å². The Balaban J connectivity index is 1.64. The number of hydrogen-bond donors (Lipinski definition) is 1. The summed E-state index contributed by atoms with van der Waals surface area (Å²) in [6, 6.07) is 7.91. The first kappa shape index (κ1) is 18.1. The van der Waals surface area contributed by atoms with E-state index >= 15 is 0 Å². The Bertz CT molecular complexity index is 1030. The normalized spacial score (nSPS) is 10.4. The van der Waals surface area contributed by atoms with E-state index in [9.17, 15) is 14.4 Å². The van der Waals surface area contributed by atoms with Gasteiger partial charge in [-0.2, -0.15) is 5.10 Å². The predicted molar refractivity (Wildman–Crippen MR) is 94.4 cm³/mol. The van der Waals surface area contributed by atoms with E-state index < -0.39 is 24.5 Å². The fourth-order valence-corrected chi connectivity index (χ4v) is 2.48. The van der Waals surface area contributed by atoms with E-state index in [1.165, 1.54) is 23.9 Å². The molecule has 0 aliphatic carbocycles. The minimum absolute atomic E-state index is 0.205. The highest BCUT2D eigenvalue weighted by molar-refractivity contribution is 6.00. The Labute approximate surface area is 153 Å². The molecule has 0 unspecified atom stereocenters. The second-order valence-electron chi connectivity index (χ2n) is 5.54. The van der Waals surface area contributed by atoms with Gasteiger partial charge < -0.3 is 14.8 Å². The van der Waals surface area contributed by atoms with Gasteiger partial charge in [-0.15, -0.1) is 0 Å². The molecule has 0 aliphatic heterocycles. The molecule has 1 N–H and O–H groups in total. The molecule has 1 amide bonds. The molecule has 0 saturated heterocycles. The second-order valence-corrected chi connectivity index (χ2v) is 5.54. The lowest BCUT2D eigenvalue weighted by Crippen LogP contribution is -2.21. The van der Waals surface area contributed by atoms with Gasteiger partial charge in [0.25, 0.3) is 5.91 Å². The first-order valence-electron chi connectivity index (χ1n) is 7.95. The largest absolute Gasteiger partial charge is 0.465 e. The van der Waals surface area contributed by atoms with Crippen molar-refractivity contribution >= 4 is 29.2 Å². The van der Waals surface area contributed by atoms with Crippen LogP contribution in [0.25, 0.3) is 5.65 Å². The van der Waals surface area contributed by atoms with E-state index in [0.717, 1.165) is 0 Å². The van der Waals surface area contributed by atoms with Gasteiger partial charge in [0, 0.05) is 18.1 Å². The van der Waals surface area contributed by atoms with Crippen LogP contribution in [0.5, 0.6) is 0 Å². The number of rotatable bonds is 5. The number of fused-ring (bicyclic) bond motifs is 1. The van der Waals surface area contributed by atoms with Crippen LogP contribution in [0, 0.1) is 6.92 Å². The van der Waals surface area contributed by atoms with Crippen LogP contribution < -0.4 is 5.32 Å². The van der Waals surface area contributed by atoms with Gasteiger partial charge in [0.05, 0.1) is 18.4 Å². The summed E-state index contributed by atoms with van der Waals surface area (Å²) in [5.74, 6) is -1.76. The zero-order valence-electron chi connectivity index (χ0n) is 14.6. The van der Waals surface area contributed by atoms with Gasteiger partial charge >= 0.3 is 11.9 Å². The lowest BCUT2D eigenvalue weighted by molar-refractivity contribution is -0.119. The highest BCUT2D eigenvalue weighted by Crippen LogP contribution is 2.15. The van der Waals surface area contributed by atoms with Crippen molar-refractivity contribution in [2.75, 3.05) is 19.0 Å². The number of methoxy groups -OCH3 is 1. The topological polar surface area (TPSA) is 112 Å². The first-order chi connectivity index (χ1) is 13.0. The van der Waals surface area contributed by atoms with Crippen LogP contribution in [0.2, 0.25) is 0 Å². The molecule has 9 nitrogen and oxygen atoms in total. The molecule has 0 radical (unpaired) electrons. The van der Waals surface area contributed by atoms with Crippen molar-refractivity contribution in [1.82, 2.24) is 14.6 Å². The van der Waals surface area contributed by atoms with Crippen LogP contribution in [-0.2, 0) is 14.3 Å². The summed E-state index contributed by atoms with van der Waals surface area (Å²) in [6.45, 7) is 1.16. The molecule has 0 bridgehead atoms. The molecule has 0 aliphatic rings. The van der Waals surface area contributed by atoms with Gasteiger partial charge in [-0.3, -0.25) is 4.79 Å². The third-order valence-electron chi connectivity index (χ3n) is 3.68. The SMILES string of the molecule is COC(=O)c1cccc(NC(=O)COC(=O)c2c(C)nn3cccnc23)c1. The number of hydrogen-bond acceptors (Lipinski definition) is 7. The molecule has 0 atom stereocenters. The predicted octanol–water partition coefficient (Wildman–Crippen LogP) is 1.62. The van der Waals surface area contributed by atoms with E-state index in [0.29, 0.717) is 22.6 Å². The van der Waals surface area contributed by atoms with Crippen LogP contribution >= 0.6 is 0 Å². The molecule has 1 aromatic carbocycles. The zero-order chi connectivity index (χ0) is 19.4. The van der Waals surface area contributed by atoms with Crippen LogP contribution in [0.1, 0.15) is 26.4 Å². The van der Waals surface area contributed by atoms with E-state index in [1.807, 2.05) is 0 Å². The Morgan fingerprint density at radius 1 is 1.19 bits per heavy atom. The standard InChI is InChI=1S/C18H16N4O5/c1-11-15(16-19-7-4-8-22(16)21-11)18(25)27-10-14(23)20-13-6-3-5-12(9-13)17(24)26-2/h3-9H,10H2,1-2H3,(H,20,23). The van der Waals surface area contributed by atoms with Gasteiger partial charge in [-0.1, -0.05) is 6.07 Å². The molecule has 0 saturated carbocycles. The molecular weight excluding hydrogens is 352 g/mol. The van der Waals surface area contributed by atoms with Crippen LogP contribution in [0.3, 0.4) is 0 Å². The summed E-state index contributed by atoms with van der Waals surface area (Å²) < 4.78 is 11.2. The molecule has 0 spiro atoms. The molecule has 3 rings (SSSR count). The number of aromatic nitrogens is 3. The summed E-state index contributed by atoms with van der Waals surface area (Å²) >= 11 is 0. The molecule has 27 heavy (non-hydrogen) atoms. The Kier molecular flexibility index (Phi) is 5.11. The van der Waals surface area contributed by atoms with Gasteiger partial charge in [0.15, 0.2) is 12.3 Å². The number of carbonyl (C=O) groups excluding carboxylic acids is 3. The monoisotopic (exact) mass is 368 g/mol. The van der Waals surface area contributed by atoms with E-state index in [1.54, 1.807) is 37.4 Å². The molecule has 2 heterocycles. The number of carbonyl (C=O) groups is 3. The minimum atomic E-state index is -0.695. The average Bonchev–Trinajstić information content (AvgIpc) is 3.01. The number of aryl methyl sites for hydroxylation is 1. The van der Waals surface area contributed by atoms with Gasteiger partial charge in [0.2, 0.25) is 0 Å². The Hall–Kier alpha value is -3.75. The number of amides is 1. The summed E-state index contributed by atoms with van der Waals surface area (Å²) in [5.41, 5.74) is 1.68. The Morgan fingerprint density at radius 2 is 2.00 bits per heavy atom. The Morgan fingerprint density at radius 3 is 2.78 bits per heavy atom. The summed E-state index contributed by atoms with van der Waals surface area (Å²) in [4.78, 5) is 40.0. The fourth-order valence-electron chi connectivity index (χ4n) is 2.48. The van der Waals surface area contributed by atoms with Crippen molar-refractivity contribution in [3.63, 3.8) is 0 Å². The lowest BCUT2D eigenvalue weighted by atomic mass is 10.2. The highest BCUT2D eigenvalue weighted by Gasteiger charge is 2.20. The molecule has 138 valence electrons. The maximum atomic E-state index is 12.3. The lowest BCUT2D eigenvalue weighted by Gasteiger charge is -2.07. The maximum Gasteiger partial charge on any atom is 0.344 e. The third-order valence-corrected chi connectivity index (χ3v) is 3.68. The molecule has 0 fully saturated rings. The number of esters is 2. The zero-order valence-corrected chi connectivity index (χ0v) is 14.6. The third kappa shape index (κ3) is 3.92. The van der Waals surface area contributed by atoms with Crippen molar-refractivity contribution in [3.05, 3.63) is 59.5 Å². The van der Waals surface area contributed by atoms with E-state index in [2.05, 4.69) is 20.1 Å².